The molecule has 2 saturated heterocycles. The number of amides is 4. The van der Waals surface area contributed by atoms with Gasteiger partial charge in [-0.25, -0.2) is 0 Å². The van der Waals surface area contributed by atoms with Crippen molar-refractivity contribution in [1.29, 1.82) is 0 Å². The van der Waals surface area contributed by atoms with E-state index >= 15 is 0 Å². The van der Waals surface area contributed by atoms with Crippen LogP contribution in [-0.4, -0.2) is 40.1 Å². The predicted octanol–water partition coefficient (Wildman–Crippen LogP) is 17.5. The first-order chi connectivity index (χ1) is 33.4. The van der Waals surface area contributed by atoms with E-state index in [1.807, 2.05) is 0 Å². The van der Waals surface area contributed by atoms with Gasteiger partial charge in [0.15, 0.2) is 0 Å². The number of hydrogen-bond donors (Lipinski definition) is 0. The minimum Gasteiger partial charge on any atom is -0.274 e. The van der Waals surface area contributed by atoms with Crippen molar-refractivity contribution in [3.05, 3.63) is 0 Å². The molecule has 2 aliphatic heterocycles. The molecule has 73 heavy (non-hydrogen) atoms. The predicted molar refractivity (Wildman–Crippen MR) is 313 cm³/mol. The summed E-state index contributed by atoms with van der Waals surface area (Å²) in [6.45, 7) is 73.3. The van der Waals surface area contributed by atoms with E-state index in [1.165, 1.54) is 4.90 Å². The Morgan fingerprint density at radius 2 is 0.438 bits per heavy atom. The summed E-state index contributed by atoms with van der Waals surface area (Å²) in [5.74, 6) is 13.0. The Morgan fingerprint density at radius 3 is 0.644 bits per heavy atom. The Labute approximate surface area is 455 Å². The van der Waals surface area contributed by atoms with Gasteiger partial charge in [0, 0.05) is 12.8 Å². The van der Waals surface area contributed by atoms with Crippen LogP contribution in [0.1, 0.15) is 221 Å². The van der Waals surface area contributed by atoms with E-state index in [9.17, 15) is 19.2 Å². The average molecular weight is 1020 g/mol. The largest absolute Gasteiger partial charge is 0.274 e. The van der Waals surface area contributed by atoms with E-state index in [1.54, 1.807) is 0 Å². The zero-order valence-electron chi connectivity index (χ0n) is 54.0. The molecule has 28 unspecified atom stereocenters. The van der Waals surface area contributed by atoms with Crippen LogP contribution in [0.3, 0.4) is 0 Å². The molecule has 2 rings (SSSR count). The molecule has 28 atom stereocenters. The summed E-state index contributed by atoms with van der Waals surface area (Å²) in [5.41, 5.74) is 0. The Kier molecular flexibility index (Phi) is 26.1. The summed E-state index contributed by atoms with van der Waals surface area (Å²) in [5, 5.41) is 0. The molecular formula is C67H126N2O4. The molecule has 0 N–H and O–H groups in total. The van der Waals surface area contributed by atoms with E-state index in [0.717, 1.165) is 28.6 Å². The van der Waals surface area contributed by atoms with E-state index in [4.69, 9.17) is 0 Å². The SMILES string of the molecule is CC(C)C(C)C(C)C(C)C(C)C(C)C(C)C(C)C(C)C(C)C(C)C(C)C(C)C(C)C(C)C(C)C(C)C(C)C(C)C(C)C(C)C(C)C(C)C(C)C(C)C1C(=O)N(CN2C(=O)CCC2=O)C(=O)C1C(C)C(C)C(C)C. The smallest absolute Gasteiger partial charge is 0.234 e. The third-order valence-corrected chi connectivity index (χ3v) is 26.1. The third-order valence-electron chi connectivity index (χ3n) is 26.1. The second-order valence-electron chi connectivity index (χ2n) is 28.8. The molecule has 2 fully saturated rings. The lowest BCUT2D eigenvalue weighted by Gasteiger charge is -2.45. The first-order valence-electron chi connectivity index (χ1n) is 31.1. The quantitative estimate of drug-likeness (QED) is 0.0672. The monoisotopic (exact) mass is 1020 g/mol. The topological polar surface area (TPSA) is 74.8 Å². The number of rotatable bonds is 30. The zero-order chi connectivity index (χ0) is 56.9. The zero-order valence-corrected chi connectivity index (χ0v) is 54.0. The average Bonchev–Trinajstić information content (AvgIpc) is 3.82. The first kappa shape index (κ1) is 67.4. The minimum atomic E-state index is -0.484. The number of carbonyl (C=O) groups is 4. The van der Waals surface area contributed by atoms with Crippen LogP contribution in [0.2, 0.25) is 0 Å². The normalized spacial score (nSPS) is 28.1. The van der Waals surface area contributed by atoms with Gasteiger partial charge in [0.05, 0.1) is 11.8 Å². The summed E-state index contributed by atoms with van der Waals surface area (Å²) in [7, 11) is 0. The molecule has 428 valence electrons. The molecule has 6 heteroatoms. The van der Waals surface area contributed by atoms with Gasteiger partial charge in [-0.3, -0.25) is 29.0 Å². The highest BCUT2D eigenvalue weighted by molar-refractivity contribution is 6.07. The summed E-state index contributed by atoms with van der Waals surface area (Å²) < 4.78 is 0. The van der Waals surface area contributed by atoms with Gasteiger partial charge >= 0.3 is 0 Å². The van der Waals surface area contributed by atoms with Crippen molar-refractivity contribution in [3.8, 4) is 0 Å². The molecule has 0 aliphatic carbocycles. The summed E-state index contributed by atoms with van der Waals surface area (Å²) >= 11 is 0. The van der Waals surface area contributed by atoms with Gasteiger partial charge in [0.1, 0.15) is 6.67 Å². The van der Waals surface area contributed by atoms with Crippen molar-refractivity contribution in [1.82, 2.24) is 9.80 Å². The highest BCUT2D eigenvalue weighted by Crippen LogP contribution is 2.49. The molecule has 0 bridgehead atoms. The molecule has 0 aromatic rings. The van der Waals surface area contributed by atoms with Gasteiger partial charge in [-0.15, -0.1) is 0 Å². The van der Waals surface area contributed by atoms with E-state index < -0.39 is 11.8 Å². The van der Waals surface area contributed by atoms with Crippen LogP contribution in [0.4, 0.5) is 0 Å². The van der Waals surface area contributed by atoms with Crippen molar-refractivity contribution < 1.29 is 19.2 Å². The first-order valence-corrected chi connectivity index (χ1v) is 31.1. The van der Waals surface area contributed by atoms with Crippen molar-refractivity contribution in [2.45, 2.75) is 221 Å². The Morgan fingerprint density at radius 1 is 0.260 bits per heavy atom. The number of nitrogens with zero attached hydrogens (tertiary/aromatic N) is 2. The van der Waals surface area contributed by atoms with Crippen LogP contribution >= 0.6 is 0 Å². The second-order valence-corrected chi connectivity index (χ2v) is 28.8. The summed E-state index contributed by atoms with van der Waals surface area (Å²) in [4.78, 5) is 56.6. The fourth-order valence-electron chi connectivity index (χ4n) is 15.3. The number of carbonyl (C=O) groups excluding carboxylic acids is 4. The lowest BCUT2D eigenvalue weighted by molar-refractivity contribution is -0.148. The maximum Gasteiger partial charge on any atom is 0.234 e. The molecule has 6 nitrogen and oxygen atoms in total. The molecule has 4 amide bonds. The van der Waals surface area contributed by atoms with Gasteiger partial charge in [-0.05, 0) is 166 Å². The summed E-state index contributed by atoms with van der Waals surface area (Å²) in [6, 6.07) is 0. The number of likely N-dealkylation sites (tertiary alicyclic amines) is 2. The molecule has 0 saturated carbocycles. The van der Waals surface area contributed by atoms with E-state index in [-0.39, 0.29) is 66.8 Å². The highest BCUT2D eigenvalue weighted by atomic mass is 16.2. The van der Waals surface area contributed by atoms with Crippen LogP contribution in [0, 0.1) is 178 Å². The van der Waals surface area contributed by atoms with Crippen molar-refractivity contribution in [2.24, 2.45) is 178 Å². The molecular weight excluding hydrogens is 897 g/mol. The maximum atomic E-state index is 14.5. The van der Waals surface area contributed by atoms with E-state index in [2.05, 4.69) is 208 Å². The Balaban J connectivity index is 2.17. The standard InChI is InChI=1S/C67H126N2O4/c1-34(2)36(5)38(7)39(8)40(9)41(10)42(11)43(12)44(13)45(14)46(15)47(16)48(17)49(18)50(19)51(20)52(21)53(22)54(23)55(24)56(25)57(26)58(27)59(28)61(30)65-64(60(29)37(6)35(3)4)66(72)69(67(65)73)33-68-62(70)31-32-63(68)71/h34-61,64-65H,31-33H2,1-30H3. The van der Waals surface area contributed by atoms with Crippen LogP contribution in [-0.2, 0) is 19.2 Å². The fraction of sp³-hybridized carbons (Fsp3) is 0.940. The van der Waals surface area contributed by atoms with Gasteiger partial charge in [0.25, 0.3) is 0 Å². The van der Waals surface area contributed by atoms with Gasteiger partial charge in [0.2, 0.25) is 23.6 Å². The van der Waals surface area contributed by atoms with Crippen molar-refractivity contribution in [3.63, 3.8) is 0 Å². The maximum absolute atomic E-state index is 14.5. The minimum absolute atomic E-state index is 0.0179. The van der Waals surface area contributed by atoms with Crippen LogP contribution in [0.5, 0.6) is 0 Å². The van der Waals surface area contributed by atoms with Gasteiger partial charge in [-0.2, -0.15) is 0 Å². The Hall–Kier alpha value is -1.72. The third kappa shape index (κ3) is 15.1. The fourth-order valence-corrected chi connectivity index (χ4v) is 15.3. The highest BCUT2D eigenvalue weighted by Gasteiger charge is 2.55. The molecule has 2 aliphatic rings. The lowest BCUT2D eigenvalue weighted by Crippen LogP contribution is -2.44. The second kappa shape index (κ2) is 28.2. The van der Waals surface area contributed by atoms with E-state index in [0.29, 0.717) is 118 Å². The summed E-state index contributed by atoms with van der Waals surface area (Å²) in [6.07, 6.45) is 0.284. The molecule has 0 aromatic carbocycles. The number of hydrogen-bond acceptors (Lipinski definition) is 4. The molecule has 0 radical (unpaired) electrons. The van der Waals surface area contributed by atoms with Gasteiger partial charge in [-0.1, -0.05) is 208 Å². The van der Waals surface area contributed by atoms with Crippen molar-refractivity contribution >= 4 is 23.6 Å². The van der Waals surface area contributed by atoms with Crippen molar-refractivity contribution in [2.75, 3.05) is 6.67 Å². The molecule has 0 spiro atoms. The van der Waals surface area contributed by atoms with Crippen LogP contribution < -0.4 is 0 Å². The molecule has 2 heterocycles. The molecule has 0 aromatic heterocycles. The van der Waals surface area contributed by atoms with Crippen LogP contribution in [0.25, 0.3) is 0 Å². The lowest BCUT2D eigenvalue weighted by atomic mass is 9.61. The van der Waals surface area contributed by atoms with Gasteiger partial charge < -0.3 is 0 Å². The van der Waals surface area contributed by atoms with Crippen LogP contribution in [0.15, 0.2) is 0 Å². The number of imide groups is 2. The Bertz CT molecular complexity index is 1710.